The third-order valence-corrected chi connectivity index (χ3v) is 4.61. The number of carbonyl (C=O) groups is 3. The highest BCUT2D eigenvalue weighted by Crippen LogP contribution is 2.24. The number of nitrogens with zero attached hydrogens (tertiary/aromatic N) is 1. The molecule has 7 nitrogen and oxygen atoms in total. The van der Waals surface area contributed by atoms with Gasteiger partial charge in [-0.2, -0.15) is 0 Å². The van der Waals surface area contributed by atoms with Crippen LogP contribution in [0.25, 0.3) is 0 Å². The normalized spacial score (nSPS) is 25.9. The zero-order valence-corrected chi connectivity index (χ0v) is 13.9. The Bertz CT molecular complexity index is 664. The van der Waals surface area contributed by atoms with Crippen LogP contribution >= 0.6 is 11.6 Å². The summed E-state index contributed by atoms with van der Waals surface area (Å²) >= 11 is 5.86. The molecule has 3 rings (SSSR count). The van der Waals surface area contributed by atoms with Crippen LogP contribution in [0, 0.1) is 0 Å². The summed E-state index contributed by atoms with van der Waals surface area (Å²) in [4.78, 5) is 37.8. The largest absolute Gasteiger partial charge is 0.453 e. The second kappa shape index (κ2) is 6.68. The average molecular weight is 352 g/mol. The number of ether oxygens (including phenoxy) is 1. The zero-order chi connectivity index (χ0) is 17.3. The van der Waals surface area contributed by atoms with Gasteiger partial charge in [-0.15, -0.1) is 0 Å². The minimum Gasteiger partial charge on any atom is -0.453 e. The Kier molecular flexibility index (Phi) is 4.62. The molecule has 0 bridgehead atoms. The molecular weight excluding hydrogens is 334 g/mol. The van der Waals surface area contributed by atoms with Crippen molar-refractivity contribution in [1.29, 1.82) is 0 Å². The molecule has 8 heteroatoms. The molecule has 0 unspecified atom stereocenters. The van der Waals surface area contributed by atoms with Crippen LogP contribution in [-0.4, -0.2) is 54.6 Å². The van der Waals surface area contributed by atoms with E-state index in [-0.39, 0.29) is 17.9 Å². The first kappa shape index (κ1) is 16.6. The first-order valence-electron chi connectivity index (χ1n) is 7.67. The topological polar surface area (TPSA) is 87.7 Å². The predicted octanol–water partition coefficient (Wildman–Crippen LogP) is 0.706. The molecule has 2 aliphatic rings. The lowest BCUT2D eigenvalue weighted by Gasteiger charge is -2.34. The number of halogens is 1. The highest BCUT2D eigenvalue weighted by atomic mass is 35.5. The lowest BCUT2D eigenvalue weighted by molar-refractivity contribution is -0.147. The summed E-state index contributed by atoms with van der Waals surface area (Å²) in [6, 6.07) is 5.74. The molecule has 2 N–H and O–H groups in total. The molecule has 2 fully saturated rings. The Labute approximate surface area is 144 Å². The number of amides is 3. The Balaban J connectivity index is 1.69. The average Bonchev–Trinajstić information content (AvgIpc) is 2.99. The first-order valence-corrected chi connectivity index (χ1v) is 8.05. The van der Waals surface area contributed by atoms with Gasteiger partial charge in [0.05, 0.1) is 13.2 Å². The molecule has 1 aromatic rings. The van der Waals surface area contributed by atoms with Crippen molar-refractivity contribution in [3.63, 3.8) is 0 Å². The summed E-state index contributed by atoms with van der Waals surface area (Å²) in [5, 5.41) is 6.05. The number of benzene rings is 1. The number of hydrogen-bond acceptors (Lipinski definition) is 4. The lowest BCUT2D eigenvalue weighted by Crippen LogP contribution is -2.61. The summed E-state index contributed by atoms with van der Waals surface area (Å²) in [6.07, 6.45) is 0.228. The van der Waals surface area contributed by atoms with Gasteiger partial charge in [-0.1, -0.05) is 23.7 Å². The number of rotatable bonds is 3. The van der Waals surface area contributed by atoms with Gasteiger partial charge < -0.3 is 20.3 Å². The van der Waals surface area contributed by atoms with Gasteiger partial charge in [-0.25, -0.2) is 4.79 Å². The van der Waals surface area contributed by atoms with Crippen LogP contribution < -0.4 is 10.6 Å². The Hall–Kier alpha value is -2.28. The van der Waals surface area contributed by atoms with Crippen molar-refractivity contribution >= 4 is 29.5 Å². The summed E-state index contributed by atoms with van der Waals surface area (Å²) in [5.74, 6) is -0.327. The van der Waals surface area contributed by atoms with Gasteiger partial charge in [0.1, 0.15) is 12.1 Å². The molecule has 128 valence electrons. The molecule has 0 aliphatic carbocycles. The van der Waals surface area contributed by atoms with Crippen LogP contribution in [0.1, 0.15) is 12.0 Å². The molecule has 2 heterocycles. The molecule has 24 heavy (non-hydrogen) atoms. The van der Waals surface area contributed by atoms with E-state index in [2.05, 4.69) is 15.4 Å². The lowest BCUT2D eigenvalue weighted by atomic mass is 10.0. The van der Waals surface area contributed by atoms with Gasteiger partial charge in [0, 0.05) is 18.0 Å². The minimum absolute atomic E-state index is 0.135. The maximum absolute atomic E-state index is 12.7. The number of fused-ring (bicyclic) bond motifs is 1. The smallest absolute Gasteiger partial charge is 0.407 e. The first-order chi connectivity index (χ1) is 11.5. The van der Waals surface area contributed by atoms with E-state index in [0.717, 1.165) is 5.56 Å². The van der Waals surface area contributed by atoms with Crippen molar-refractivity contribution in [3.8, 4) is 0 Å². The third-order valence-electron chi connectivity index (χ3n) is 4.36. The standard InChI is InChI=1S/C16H18ClN3O4/c1-24-16(23)18-11-7-13-14(21)19-12(15(22)20(13)8-11)6-9-2-4-10(17)5-3-9/h2-5,11-13H,6-8H2,1H3,(H,18,23)(H,19,21)/t11-,12-,13-/m0/s1. The second-order valence-corrected chi connectivity index (χ2v) is 6.40. The van der Waals surface area contributed by atoms with Crippen molar-refractivity contribution in [1.82, 2.24) is 15.5 Å². The number of nitrogens with one attached hydrogen (secondary N) is 2. The quantitative estimate of drug-likeness (QED) is 0.839. The summed E-state index contributed by atoms with van der Waals surface area (Å²) in [5.41, 5.74) is 0.917. The number of methoxy groups -OCH3 is 1. The van der Waals surface area contributed by atoms with Crippen molar-refractivity contribution in [3.05, 3.63) is 34.9 Å². The summed E-state index contributed by atoms with van der Waals surface area (Å²) < 4.78 is 4.56. The fraction of sp³-hybridized carbons (Fsp3) is 0.438. The molecule has 0 spiro atoms. The maximum atomic E-state index is 12.7. The van der Waals surface area contributed by atoms with Gasteiger partial charge in [0.2, 0.25) is 11.8 Å². The molecule has 2 saturated heterocycles. The molecule has 3 atom stereocenters. The van der Waals surface area contributed by atoms with Crippen molar-refractivity contribution in [2.45, 2.75) is 31.0 Å². The number of alkyl carbamates (subject to hydrolysis) is 1. The van der Waals surface area contributed by atoms with Gasteiger partial charge >= 0.3 is 6.09 Å². The maximum Gasteiger partial charge on any atom is 0.407 e. The molecule has 0 saturated carbocycles. The van der Waals surface area contributed by atoms with Crippen LogP contribution in [0.15, 0.2) is 24.3 Å². The van der Waals surface area contributed by atoms with Gasteiger partial charge in [0.25, 0.3) is 0 Å². The molecule has 1 aromatic carbocycles. The van der Waals surface area contributed by atoms with Gasteiger partial charge in [0.15, 0.2) is 0 Å². The third kappa shape index (κ3) is 3.31. The number of piperazine rings is 1. The van der Waals surface area contributed by atoms with Crippen LogP contribution in [0.4, 0.5) is 4.79 Å². The zero-order valence-electron chi connectivity index (χ0n) is 13.1. The van der Waals surface area contributed by atoms with E-state index in [1.165, 1.54) is 7.11 Å². The number of hydrogen-bond donors (Lipinski definition) is 2. The summed E-state index contributed by atoms with van der Waals surface area (Å²) in [7, 11) is 1.28. The minimum atomic E-state index is -0.605. The van der Waals surface area contributed by atoms with Crippen LogP contribution in [0.5, 0.6) is 0 Å². The van der Waals surface area contributed by atoms with E-state index in [0.29, 0.717) is 24.4 Å². The van der Waals surface area contributed by atoms with Crippen LogP contribution in [-0.2, 0) is 20.7 Å². The number of carbonyl (C=O) groups excluding carboxylic acids is 3. The molecule has 0 radical (unpaired) electrons. The Morgan fingerprint density at radius 1 is 1.38 bits per heavy atom. The molecule has 2 aliphatic heterocycles. The highest BCUT2D eigenvalue weighted by molar-refractivity contribution is 6.30. The van der Waals surface area contributed by atoms with E-state index < -0.39 is 18.2 Å². The van der Waals surface area contributed by atoms with E-state index in [4.69, 9.17) is 11.6 Å². The SMILES string of the molecule is COC(=O)N[C@H]1C[C@H]2C(=O)N[C@@H](Cc3ccc(Cl)cc3)C(=O)N2C1. The molecule has 0 aromatic heterocycles. The fourth-order valence-electron chi connectivity index (χ4n) is 3.18. The van der Waals surface area contributed by atoms with E-state index >= 15 is 0 Å². The Morgan fingerprint density at radius 3 is 2.75 bits per heavy atom. The van der Waals surface area contributed by atoms with Crippen molar-refractivity contribution < 1.29 is 19.1 Å². The van der Waals surface area contributed by atoms with Crippen LogP contribution in [0.3, 0.4) is 0 Å². The molecular formula is C16H18ClN3O4. The van der Waals surface area contributed by atoms with Crippen molar-refractivity contribution in [2.75, 3.05) is 13.7 Å². The van der Waals surface area contributed by atoms with Crippen molar-refractivity contribution in [2.24, 2.45) is 0 Å². The van der Waals surface area contributed by atoms with Gasteiger partial charge in [-0.3, -0.25) is 9.59 Å². The molecule has 3 amide bonds. The fourth-order valence-corrected chi connectivity index (χ4v) is 3.31. The highest BCUT2D eigenvalue weighted by Gasteiger charge is 2.46. The van der Waals surface area contributed by atoms with E-state index in [9.17, 15) is 14.4 Å². The van der Waals surface area contributed by atoms with Gasteiger partial charge in [-0.05, 0) is 24.1 Å². The van der Waals surface area contributed by atoms with E-state index in [1.54, 1.807) is 17.0 Å². The summed E-state index contributed by atoms with van der Waals surface area (Å²) in [6.45, 7) is 0.309. The predicted molar refractivity (Wildman–Crippen MR) is 86.5 cm³/mol. The van der Waals surface area contributed by atoms with E-state index in [1.807, 2.05) is 12.1 Å². The second-order valence-electron chi connectivity index (χ2n) is 5.97. The van der Waals surface area contributed by atoms with Crippen LogP contribution in [0.2, 0.25) is 5.02 Å². The Morgan fingerprint density at radius 2 is 2.08 bits per heavy atom. The monoisotopic (exact) mass is 351 g/mol.